The van der Waals surface area contributed by atoms with Crippen molar-refractivity contribution >= 4 is 28.2 Å². The van der Waals surface area contributed by atoms with Crippen LogP contribution in [0.1, 0.15) is 38.8 Å². The number of hydrogen-bond donors (Lipinski definition) is 0. The van der Waals surface area contributed by atoms with Crippen LogP contribution in [0.25, 0.3) is 10.8 Å². The maximum atomic E-state index is 6.03. The van der Waals surface area contributed by atoms with Crippen LogP contribution in [-0.4, -0.2) is 17.1 Å². The molecule has 1 aliphatic heterocycles. The van der Waals surface area contributed by atoms with Gasteiger partial charge < -0.3 is 4.90 Å². The van der Waals surface area contributed by atoms with E-state index < -0.39 is 0 Å². The Morgan fingerprint density at radius 3 is 2.85 bits per heavy atom. The molecule has 1 aromatic carbocycles. The predicted octanol–water partition coefficient (Wildman–Crippen LogP) is 4.74. The average molecular weight is 289 g/mol. The SMILES string of the molecule is CCC1CCC(C)N1c1nc(CCl)cc2ccccc12. The maximum absolute atomic E-state index is 6.03. The lowest BCUT2D eigenvalue weighted by molar-refractivity contribution is 0.622. The molecular weight excluding hydrogens is 268 g/mol. The Morgan fingerprint density at radius 2 is 2.10 bits per heavy atom. The van der Waals surface area contributed by atoms with Gasteiger partial charge in [0.25, 0.3) is 0 Å². The van der Waals surface area contributed by atoms with Gasteiger partial charge in [-0.05, 0) is 37.6 Å². The summed E-state index contributed by atoms with van der Waals surface area (Å²) in [4.78, 5) is 7.36. The summed E-state index contributed by atoms with van der Waals surface area (Å²) in [5, 5.41) is 2.48. The molecule has 0 saturated carbocycles. The van der Waals surface area contributed by atoms with Crippen molar-refractivity contribution in [2.24, 2.45) is 0 Å². The molecule has 3 heteroatoms. The highest BCUT2D eigenvalue weighted by Crippen LogP contribution is 2.35. The first-order valence-electron chi connectivity index (χ1n) is 7.47. The molecule has 2 unspecified atom stereocenters. The third kappa shape index (κ3) is 2.26. The van der Waals surface area contributed by atoms with Crippen molar-refractivity contribution in [3.8, 4) is 0 Å². The zero-order valence-electron chi connectivity index (χ0n) is 12.1. The summed E-state index contributed by atoms with van der Waals surface area (Å²) in [5.41, 5.74) is 0.967. The fraction of sp³-hybridized carbons (Fsp3) is 0.471. The summed E-state index contributed by atoms with van der Waals surface area (Å²) in [6.07, 6.45) is 3.68. The number of anilines is 1. The van der Waals surface area contributed by atoms with E-state index in [2.05, 4.69) is 49.1 Å². The van der Waals surface area contributed by atoms with Gasteiger partial charge in [0.2, 0.25) is 0 Å². The van der Waals surface area contributed by atoms with Crippen molar-refractivity contribution in [2.45, 2.75) is 51.1 Å². The Hall–Kier alpha value is -1.28. The van der Waals surface area contributed by atoms with E-state index in [0.29, 0.717) is 18.0 Å². The number of alkyl halides is 1. The van der Waals surface area contributed by atoms with Crippen molar-refractivity contribution in [3.05, 3.63) is 36.0 Å². The largest absolute Gasteiger partial charge is 0.350 e. The topological polar surface area (TPSA) is 16.1 Å². The molecule has 0 N–H and O–H groups in total. The number of nitrogens with zero attached hydrogens (tertiary/aromatic N) is 2. The van der Waals surface area contributed by atoms with Crippen LogP contribution >= 0.6 is 11.6 Å². The molecule has 0 bridgehead atoms. The third-order valence-electron chi connectivity index (χ3n) is 4.41. The van der Waals surface area contributed by atoms with Gasteiger partial charge in [0, 0.05) is 17.5 Å². The Labute approximate surface area is 125 Å². The van der Waals surface area contributed by atoms with E-state index in [1.54, 1.807) is 0 Å². The lowest BCUT2D eigenvalue weighted by Crippen LogP contribution is -2.35. The minimum Gasteiger partial charge on any atom is -0.350 e. The normalized spacial score (nSPS) is 22.6. The van der Waals surface area contributed by atoms with E-state index in [9.17, 15) is 0 Å². The van der Waals surface area contributed by atoms with Gasteiger partial charge in [-0.25, -0.2) is 4.98 Å². The molecule has 1 fully saturated rings. The predicted molar refractivity (Wildman–Crippen MR) is 86.6 cm³/mol. The van der Waals surface area contributed by atoms with Gasteiger partial charge in [-0.3, -0.25) is 0 Å². The lowest BCUT2D eigenvalue weighted by Gasteiger charge is -2.30. The van der Waals surface area contributed by atoms with Crippen LogP contribution in [0.5, 0.6) is 0 Å². The molecule has 2 heterocycles. The van der Waals surface area contributed by atoms with E-state index in [4.69, 9.17) is 16.6 Å². The van der Waals surface area contributed by atoms with Crippen LogP contribution in [0.3, 0.4) is 0 Å². The number of hydrogen-bond acceptors (Lipinski definition) is 2. The van der Waals surface area contributed by atoms with Gasteiger partial charge in [0.05, 0.1) is 11.6 Å². The smallest absolute Gasteiger partial charge is 0.137 e. The minimum atomic E-state index is 0.469. The highest BCUT2D eigenvalue weighted by Gasteiger charge is 2.31. The molecular formula is C17H21ClN2. The molecule has 2 nitrogen and oxygen atoms in total. The van der Waals surface area contributed by atoms with Crippen molar-refractivity contribution in [2.75, 3.05) is 4.90 Å². The third-order valence-corrected chi connectivity index (χ3v) is 4.69. The van der Waals surface area contributed by atoms with Crippen molar-refractivity contribution in [3.63, 3.8) is 0 Å². The van der Waals surface area contributed by atoms with Crippen LogP contribution in [0, 0.1) is 0 Å². The number of halogens is 1. The summed E-state index contributed by atoms with van der Waals surface area (Å²) >= 11 is 6.03. The molecule has 106 valence electrons. The average Bonchev–Trinajstić information content (AvgIpc) is 2.86. The fourth-order valence-corrected chi connectivity index (χ4v) is 3.49. The van der Waals surface area contributed by atoms with Crippen LogP contribution in [0.4, 0.5) is 5.82 Å². The molecule has 1 aliphatic rings. The maximum Gasteiger partial charge on any atom is 0.137 e. The number of benzene rings is 1. The summed E-state index contributed by atoms with van der Waals surface area (Å²) in [7, 11) is 0. The van der Waals surface area contributed by atoms with Gasteiger partial charge in [-0.15, -0.1) is 11.6 Å². The fourth-order valence-electron chi connectivity index (χ4n) is 3.35. The summed E-state index contributed by atoms with van der Waals surface area (Å²) in [5.74, 6) is 1.59. The Morgan fingerprint density at radius 1 is 1.30 bits per heavy atom. The first-order chi connectivity index (χ1) is 9.74. The molecule has 20 heavy (non-hydrogen) atoms. The van der Waals surface area contributed by atoms with E-state index >= 15 is 0 Å². The van der Waals surface area contributed by atoms with Crippen molar-refractivity contribution in [1.29, 1.82) is 0 Å². The summed E-state index contributed by atoms with van der Waals surface area (Å²) in [6, 6.07) is 11.8. The van der Waals surface area contributed by atoms with E-state index in [1.807, 2.05) is 0 Å². The van der Waals surface area contributed by atoms with Crippen LogP contribution in [0.2, 0.25) is 0 Å². The van der Waals surface area contributed by atoms with Gasteiger partial charge in [-0.1, -0.05) is 31.2 Å². The van der Waals surface area contributed by atoms with E-state index in [0.717, 1.165) is 11.5 Å². The first kappa shape index (κ1) is 13.7. The van der Waals surface area contributed by atoms with Gasteiger partial charge in [0.1, 0.15) is 5.82 Å². The van der Waals surface area contributed by atoms with Gasteiger partial charge >= 0.3 is 0 Å². The Bertz CT molecular complexity index is 611. The van der Waals surface area contributed by atoms with Crippen LogP contribution in [0.15, 0.2) is 30.3 Å². The molecule has 2 aromatic rings. The number of aromatic nitrogens is 1. The summed E-state index contributed by atoms with van der Waals surface area (Å²) in [6.45, 7) is 4.57. The highest BCUT2D eigenvalue weighted by molar-refractivity contribution is 6.17. The molecule has 2 atom stereocenters. The van der Waals surface area contributed by atoms with E-state index in [-0.39, 0.29) is 0 Å². The Kier molecular flexibility index (Phi) is 3.84. The highest BCUT2D eigenvalue weighted by atomic mass is 35.5. The van der Waals surface area contributed by atoms with Gasteiger partial charge in [-0.2, -0.15) is 0 Å². The van der Waals surface area contributed by atoms with Crippen LogP contribution in [-0.2, 0) is 5.88 Å². The molecule has 0 aliphatic carbocycles. The number of pyridine rings is 1. The minimum absolute atomic E-state index is 0.469. The number of fused-ring (bicyclic) bond motifs is 1. The second kappa shape index (κ2) is 5.61. The zero-order valence-corrected chi connectivity index (χ0v) is 12.9. The van der Waals surface area contributed by atoms with Crippen molar-refractivity contribution < 1.29 is 0 Å². The monoisotopic (exact) mass is 288 g/mol. The standard InChI is InChI=1S/C17H21ClN2/c1-3-15-9-8-12(2)20(15)17-16-7-5-4-6-13(16)10-14(11-18)19-17/h4-7,10,12,15H,3,8-9,11H2,1-2H3. The molecule has 1 saturated heterocycles. The van der Waals surface area contributed by atoms with Crippen molar-refractivity contribution in [1.82, 2.24) is 4.98 Å². The Balaban J connectivity index is 2.18. The zero-order chi connectivity index (χ0) is 14.1. The molecule has 0 spiro atoms. The van der Waals surface area contributed by atoms with E-state index in [1.165, 1.54) is 30.0 Å². The second-order valence-electron chi connectivity index (χ2n) is 5.69. The van der Waals surface area contributed by atoms with Gasteiger partial charge in [0.15, 0.2) is 0 Å². The quantitative estimate of drug-likeness (QED) is 0.758. The second-order valence-corrected chi connectivity index (χ2v) is 5.95. The molecule has 1 aromatic heterocycles. The molecule has 0 radical (unpaired) electrons. The molecule has 0 amide bonds. The molecule has 3 rings (SSSR count). The first-order valence-corrected chi connectivity index (χ1v) is 8.01. The lowest BCUT2D eigenvalue weighted by atomic mass is 10.1. The number of rotatable bonds is 3. The summed E-state index contributed by atoms with van der Waals surface area (Å²) < 4.78 is 0. The van der Waals surface area contributed by atoms with Crippen LogP contribution < -0.4 is 4.90 Å².